The van der Waals surface area contributed by atoms with Crippen LogP contribution in [0, 0.1) is 0 Å². The van der Waals surface area contributed by atoms with Gasteiger partial charge in [0.2, 0.25) is 5.91 Å². The number of ether oxygens (including phenoxy) is 2. The highest BCUT2D eigenvalue weighted by Crippen LogP contribution is 2.34. The lowest BCUT2D eigenvalue weighted by Gasteiger charge is -2.28. The molecule has 1 aliphatic rings. The number of carbonyl (C=O) groups excluding carboxylic acids is 2. The lowest BCUT2D eigenvalue weighted by Crippen LogP contribution is -2.39. The van der Waals surface area contributed by atoms with Crippen LogP contribution in [0.4, 0.5) is 11.4 Å². The third-order valence-electron chi connectivity index (χ3n) is 3.01. The third-order valence-corrected chi connectivity index (χ3v) is 3.01. The molecule has 0 saturated carbocycles. The molecule has 1 aromatic rings. The Morgan fingerprint density at radius 1 is 1.41 bits per heavy atom. The van der Waals surface area contributed by atoms with Gasteiger partial charge in [0.25, 0.3) is 5.91 Å². The largest absolute Gasteiger partial charge is 0.481 e. The summed E-state index contributed by atoms with van der Waals surface area (Å²) in [5.41, 5.74) is 1.03. The van der Waals surface area contributed by atoms with E-state index in [-0.39, 0.29) is 32.1 Å². The number of fused-ring (bicyclic) bond motifs is 1. The fourth-order valence-electron chi connectivity index (χ4n) is 2.00. The summed E-state index contributed by atoms with van der Waals surface area (Å²) >= 11 is 0. The maximum Gasteiger partial charge on any atom is 0.303 e. The van der Waals surface area contributed by atoms with Crippen LogP contribution in [-0.2, 0) is 19.1 Å². The molecule has 0 atom stereocenters. The number of carboxylic acid groups (broad SMARTS) is 1. The summed E-state index contributed by atoms with van der Waals surface area (Å²) in [6.45, 7) is 0.00623. The zero-order valence-electron chi connectivity index (χ0n) is 12.0. The van der Waals surface area contributed by atoms with Crippen LogP contribution in [0.15, 0.2) is 18.2 Å². The average molecular weight is 308 g/mol. The van der Waals surface area contributed by atoms with Gasteiger partial charge in [0.1, 0.15) is 12.5 Å². The second kappa shape index (κ2) is 6.90. The van der Waals surface area contributed by atoms with Gasteiger partial charge in [0.15, 0.2) is 6.61 Å². The highest BCUT2D eigenvalue weighted by atomic mass is 16.5. The minimum absolute atomic E-state index is 0.104. The van der Waals surface area contributed by atoms with Crippen molar-refractivity contribution < 1.29 is 29.0 Å². The molecule has 0 aromatic heterocycles. The fourth-order valence-corrected chi connectivity index (χ4v) is 2.00. The van der Waals surface area contributed by atoms with Crippen molar-refractivity contribution in [1.82, 2.24) is 0 Å². The Morgan fingerprint density at radius 3 is 2.86 bits per heavy atom. The van der Waals surface area contributed by atoms with Crippen molar-refractivity contribution in [3.63, 3.8) is 0 Å². The Labute approximate surface area is 126 Å². The lowest BCUT2D eigenvalue weighted by atomic mass is 10.2. The predicted molar refractivity (Wildman–Crippen MR) is 76.8 cm³/mol. The summed E-state index contributed by atoms with van der Waals surface area (Å²) in [4.78, 5) is 35.2. The number of carbonyl (C=O) groups is 3. The van der Waals surface area contributed by atoms with E-state index in [4.69, 9.17) is 14.6 Å². The minimum Gasteiger partial charge on any atom is -0.481 e. The molecule has 8 heteroatoms. The molecule has 0 radical (unpaired) electrons. The second-order valence-electron chi connectivity index (χ2n) is 4.65. The molecule has 0 aliphatic carbocycles. The molecule has 8 nitrogen and oxygen atoms in total. The van der Waals surface area contributed by atoms with E-state index in [0.29, 0.717) is 17.1 Å². The highest BCUT2D eigenvalue weighted by Gasteiger charge is 2.25. The number of nitrogens with one attached hydrogen (secondary N) is 1. The molecule has 0 spiro atoms. The van der Waals surface area contributed by atoms with Crippen LogP contribution in [0.5, 0.6) is 5.75 Å². The zero-order chi connectivity index (χ0) is 16.1. The number of anilines is 2. The van der Waals surface area contributed by atoms with Crippen LogP contribution in [-0.4, -0.2) is 43.3 Å². The Bertz CT molecular complexity index is 601. The number of methoxy groups -OCH3 is 1. The van der Waals surface area contributed by atoms with Gasteiger partial charge < -0.3 is 19.9 Å². The number of rotatable bonds is 6. The van der Waals surface area contributed by atoms with E-state index in [0.717, 1.165) is 0 Å². The van der Waals surface area contributed by atoms with Crippen LogP contribution in [0.25, 0.3) is 0 Å². The van der Waals surface area contributed by atoms with E-state index >= 15 is 0 Å². The van der Waals surface area contributed by atoms with E-state index in [1.165, 1.54) is 12.0 Å². The number of amides is 2. The number of aliphatic carboxylic acids is 1. The average Bonchev–Trinajstić information content (AvgIpc) is 2.48. The highest BCUT2D eigenvalue weighted by molar-refractivity contribution is 5.99. The monoisotopic (exact) mass is 308 g/mol. The van der Waals surface area contributed by atoms with Gasteiger partial charge in [-0.05, 0) is 12.1 Å². The third kappa shape index (κ3) is 3.73. The summed E-state index contributed by atoms with van der Waals surface area (Å²) in [5, 5.41) is 11.1. The quantitative estimate of drug-likeness (QED) is 0.806. The number of benzene rings is 1. The Balaban J connectivity index is 2.09. The molecule has 22 heavy (non-hydrogen) atoms. The van der Waals surface area contributed by atoms with E-state index in [2.05, 4.69) is 5.32 Å². The minimum atomic E-state index is -1.03. The lowest BCUT2D eigenvalue weighted by molar-refractivity contribution is -0.138. The Morgan fingerprint density at radius 2 is 2.18 bits per heavy atom. The van der Waals surface area contributed by atoms with Crippen molar-refractivity contribution >= 4 is 29.2 Å². The topological polar surface area (TPSA) is 105 Å². The van der Waals surface area contributed by atoms with Crippen LogP contribution in [0.1, 0.15) is 12.8 Å². The molecule has 1 aliphatic heterocycles. The standard InChI is InChI=1S/C14H16N2O6/c1-21-8-16-10-3-2-9(6-11(10)22-7-13(16)18)15-12(17)4-5-14(19)20/h2-3,6H,4-5,7-8H2,1H3,(H,15,17)(H,19,20). The first-order valence-corrected chi connectivity index (χ1v) is 6.59. The van der Waals surface area contributed by atoms with E-state index < -0.39 is 11.9 Å². The van der Waals surface area contributed by atoms with Gasteiger partial charge in [0, 0.05) is 25.3 Å². The first-order chi connectivity index (χ1) is 10.5. The van der Waals surface area contributed by atoms with Gasteiger partial charge >= 0.3 is 5.97 Å². The van der Waals surface area contributed by atoms with Gasteiger partial charge in [-0.3, -0.25) is 19.3 Å². The molecule has 1 heterocycles. The van der Waals surface area contributed by atoms with Gasteiger partial charge in [0.05, 0.1) is 12.1 Å². The smallest absolute Gasteiger partial charge is 0.303 e. The SMILES string of the molecule is COCN1C(=O)COc2cc(NC(=O)CCC(=O)O)ccc21. The van der Waals surface area contributed by atoms with Gasteiger partial charge in [-0.15, -0.1) is 0 Å². The van der Waals surface area contributed by atoms with E-state index in [1.807, 2.05) is 0 Å². The predicted octanol–water partition coefficient (Wildman–Crippen LogP) is 0.819. The van der Waals surface area contributed by atoms with E-state index in [1.54, 1.807) is 18.2 Å². The molecular weight excluding hydrogens is 292 g/mol. The molecule has 0 fully saturated rings. The summed E-state index contributed by atoms with van der Waals surface area (Å²) in [6, 6.07) is 4.84. The zero-order valence-corrected chi connectivity index (χ0v) is 12.0. The van der Waals surface area contributed by atoms with Gasteiger partial charge in [-0.25, -0.2) is 0 Å². The summed E-state index contributed by atoms with van der Waals surface area (Å²) in [6.07, 6.45) is -0.342. The van der Waals surface area contributed by atoms with Crippen molar-refractivity contribution in [2.24, 2.45) is 0 Å². The normalized spacial score (nSPS) is 13.3. The Kier molecular flexibility index (Phi) is 4.95. The molecule has 2 rings (SSSR count). The summed E-state index contributed by atoms with van der Waals surface area (Å²) < 4.78 is 10.3. The number of carboxylic acids is 1. The molecule has 2 N–H and O–H groups in total. The van der Waals surface area contributed by atoms with E-state index in [9.17, 15) is 14.4 Å². The fraction of sp³-hybridized carbons (Fsp3) is 0.357. The first-order valence-electron chi connectivity index (χ1n) is 6.59. The number of hydrogen-bond donors (Lipinski definition) is 2. The summed E-state index contributed by atoms with van der Waals surface area (Å²) in [7, 11) is 1.49. The molecule has 0 unspecified atom stereocenters. The molecule has 1 aromatic carbocycles. The maximum atomic E-state index is 11.8. The van der Waals surface area contributed by atoms with Gasteiger partial charge in [-0.2, -0.15) is 0 Å². The van der Waals surface area contributed by atoms with Crippen LogP contribution in [0.2, 0.25) is 0 Å². The molecular formula is C14H16N2O6. The van der Waals surface area contributed by atoms with Gasteiger partial charge in [-0.1, -0.05) is 0 Å². The Hall–Kier alpha value is -2.61. The van der Waals surface area contributed by atoms with Crippen molar-refractivity contribution in [1.29, 1.82) is 0 Å². The van der Waals surface area contributed by atoms with Crippen LogP contribution in [0.3, 0.4) is 0 Å². The number of hydrogen-bond acceptors (Lipinski definition) is 5. The van der Waals surface area contributed by atoms with Crippen LogP contribution < -0.4 is 15.0 Å². The molecule has 0 saturated heterocycles. The first kappa shape index (κ1) is 15.8. The summed E-state index contributed by atoms with van der Waals surface area (Å²) in [5.74, 6) is -1.19. The van der Waals surface area contributed by atoms with Crippen molar-refractivity contribution in [2.45, 2.75) is 12.8 Å². The van der Waals surface area contributed by atoms with Crippen molar-refractivity contribution in [2.75, 3.05) is 30.7 Å². The number of nitrogens with zero attached hydrogens (tertiary/aromatic N) is 1. The maximum absolute atomic E-state index is 11.8. The molecule has 118 valence electrons. The molecule has 0 bridgehead atoms. The van der Waals surface area contributed by atoms with Crippen LogP contribution >= 0.6 is 0 Å². The molecule has 2 amide bonds. The second-order valence-corrected chi connectivity index (χ2v) is 4.65. The van der Waals surface area contributed by atoms with Crippen molar-refractivity contribution in [3.05, 3.63) is 18.2 Å². The van der Waals surface area contributed by atoms with Crippen molar-refractivity contribution in [3.8, 4) is 5.75 Å².